The van der Waals surface area contributed by atoms with Crippen molar-refractivity contribution in [3.8, 4) is 0 Å². The maximum atomic E-state index is 10.2. The second-order valence-corrected chi connectivity index (χ2v) is 7.32. The zero-order chi connectivity index (χ0) is 19.1. The number of oxime groups is 1. The van der Waals surface area contributed by atoms with Crippen LogP contribution in [0.25, 0.3) is 0 Å². The molecule has 0 saturated carbocycles. The first-order valence-electron chi connectivity index (χ1n) is 8.92. The molecule has 0 amide bonds. The quantitative estimate of drug-likeness (QED) is 0.519. The average Bonchev–Trinajstić information content (AvgIpc) is 2.68. The number of hydrogen-bond donors (Lipinski definition) is 1. The molecule has 0 spiro atoms. The molecule has 1 aliphatic heterocycles. The van der Waals surface area contributed by atoms with Crippen LogP contribution in [0, 0.1) is 0 Å². The molecule has 0 radical (unpaired) electrons. The van der Waals surface area contributed by atoms with E-state index in [2.05, 4.69) is 15.0 Å². The summed E-state index contributed by atoms with van der Waals surface area (Å²) < 4.78 is 0. The SMILES string of the molecule is Cl.OC(CO/N=C\c1ccc(Cl)cc1)CN1CCN(c2ccccc2Cl)CC1. The fourth-order valence-electron chi connectivity index (χ4n) is 3.01. The number of piperazine rings is 1. The largest absolute Gasteiger partial charge is 0.393 e. The average molecular weight is 445 g/mol. The first kappa shape index (κ1) is 22.8. The summed E-state index contributed by atoms with van der Waals surface area (Å²) in [6, 6.07) is 15.2. The molecule has 1 saturated heterocycles. The predicted molar refractivity (Wildman–Crippen MR) is 118 cm³/mol. The van der Waals surface area contributed by atoms with Crippen molar-refractivity contribution in [3.05, 3.63) is 64.1 Å². The molecule has 3 rings (SSSR count). The molecule has 1 unspecified atom stereocenters. The Morgan fingerprint density at radius 3 is 2.39 bits per heavy atom. The number of hydrogen-bond acceptors (Lipinski definition) is 5. The van der Waals surface area contributed by atoms with Gasteiger partial charge in [-0.25, -0.2) is 0 Å². The lowest BCUT2D eigenvalue weighted by Crippen LogP contribution is -2.49. The van der Waals surface area contributed by atoms with Crippen LogP contribution in [0.2, 0.25) is 10.0 Å². The van der Waals surface area contributed by atoms with Gasteiger partial charge in [-0.3, -0.25) is 4.90 Å². The summed E-state index contributed by atoms with van der Waals surface area (Å²) in [7, 11) is 0. The number of β-amino-alcohol motifs (C(OH)–C–C–N with tert-alkyl or cyclic N) is 1. The third-order valence-corrected chi connectivity index (χ3v) is 5.02. The van der Waals surface area contributed by atoms with E-state index in [1.807, 2.05) is 36.4 Å². The lowest BCUT2D eigenvalue weighted by atomic mass is 10.2. The van der Waals surface area contributed by atoms with Gasteiger partial charge in [0.1, 0.15) is 12.7 Å². The summed E-state index contributed by atoms with van der Waals surface area (Å²) in [6.45, 7) is 4.23. The number of halogens is 3. The Morgan fingerprint density at radius 1 is 1.04 bits per heavy atom. The molecule has 1 atom stereocenters. The van der Waals surface area contributed by atoms with E-state index < -0.39 is 6.10 Å². The van der Waals surface area contributed by atoms with Crippen molar-refractivity contribution in [2.24, 2.45) is 5.16 Å². The second kappa shape index (κ2) is 11.5. The van der Waals surface area contributed by atoms with Crippen LogP contribution < -0.4 is 4.90 Å². The molecular formula is C20H24Cl3N3O2. The number of aliphatic hydroxyl groups excluding tert-OH is 1. The fourth-order valence-corrected chi connectivity index (χ4v) is 3.39. The third kappa shape index (κ3) is 6.83. The molecule has 28 heavy (non-hydrogen) atoms. The normalized spacial score (nSPS) is 16.0. The van der Waals surface area contributed by atoms with Gasteiger partial charge in [0.05, 0.1) is 16.9 Å². The molecular weight excluding hydrogens is 421 g/mol. The van der Waals surface area contributed by atoms with Gasteiger partial charge in [0.25, 0.3) is 0 Å². The van der Waals surface area contributed by atoms with Gasteiger partial charge in [0.15, 0.2) is 0 Å². The number of nitrogens with zero attached hydrogens (tertiary/aromatic N) is 3. The van der Waals surface area contributed by atoms with E-state index in [1.165, 1.54) is 0 Å². The van der Waals surface area contributed by atoms with Crippen LogP contribution in [0.3, 0.4) is 0 Å². The molecule has 0 aromatic heterocycles. The molecule has 2 aromatic rings. The molecule has 5 nitrogen and oxygen atoms in total. The van der Waals surface area contributed by atoms with Crippen LogP contribution >= 0.6 is 35.6 Å². The maximum absolute atomic E-state index is 10.2. The van der Waals surface area contributed by atoms with Crippen molar-refractivity contribution in [1.82, 2.24) is 4.90 Å². The topological polar surface area (TPSA) is 48.3 Å². The van der Waals surface area contributed by atoms with Gasteiger partial charge in [0.2, 0.25) is 0 Å². The highest BCUT2D eigenvalue weighted by molar-refractivity contribution is 6.33. The third-order valence-electron chi connectivity index (χ3n) is 4.45. The van der Waals surface area contributed by atoms with Gasteiger partial charge >= 0.3 is 0 Å². The Hall–Kier alpha value is -1.50. The lowest BCUT2D eigenvalue weighted by Gasteiger charge is -2.37. The van der Waals surface area contributed by atoms with E-state index in [0.29, 0.717) is 11.6 Å². The molecule has 0 bridgehead atoms. The van der Waals surface area contributed by atoms with E-state index in [4.69, 9.17) is 28.0 Å². The van der Waals surface area contributed by atoms with Crippen LogP contribution in [-0.4, -0.2) is 61.7 Å². The molecule has 1 N–H and O–H groups in total. The number of benzene rings is 2. The zero-order valence-electron chi connectivity index (χ0n) is 15.4. The van der Waals surface area contributed by atoms with E-state index in [9.17, 15) is 5.11 Å². The van der Waals surface area contributed by atoms with Gasteiger partial charge in [-0.15, -0.1) is 12.4 Å². The summed E-state index contributed by atoms with van der Waals surface area (Å²) in [4.78, 5) is 9.71. The summed E-state index contributed by atoms with van der Waals surface area (Å²) in [6.07, 6.45) is 1.02. The minimum absolute atomic E-state index is 0. The molecule has 1 fully saturated rings. The molecule has 0 aliphatic carbocycles. The van der Waals surface area contributed by atoms with Crippen LogP contribution in [0.4, 0.5) is 5.69 Å². The monoisotopic (exact) mass is 443 g/mol. The van der Waals surface area contributed by atoms with Crippen molar-refractivity contribution >= 4 is 47.5 Å². The Balaban J connectivity index is 0.00000280. The molecule has 1 heterocycles. The number of aliphatic hydroxyl groups is 1. The van der Waals surface area contributed by atoms with Gasteiger partial charge < -0.3 is 14.8 Å². The summed E-state index contributed by atoms with van der Waals surface area (Å²) in [5, 5.41) is 15.5. The van der Waals surface area contributed by atoms with Crippen LogP contribution in [0.1, 0.15) is 5.56 Å². The van der Waals surface area contributed by atoms with E-state index in [0.717, 1.165) is 42.5 Å². The highest BCUT2D eigenvalue weighted by Gasteiger charge is 2.20. The minimum Gasteiger partial charge on any atom is -0.393 e. The number of para-hydroxylation sites is 1. The van der Waals surface area contributed by atoms with Crippen LogP contribution in [0.5, 0.6) is 0 Å². The first-order chi connectivity index (χ1) is 13.1. The van der Waals surface area contributed by atoms with Gasteiger partial charge in [-0.05, 0) is 29.8 Å². The summed E-state index contributed by atoms with van der Waals surface area (Å²) in [5.74, 6) is 0. The molecule has 152 valence electrons. The smallest absolute Gasteiger partial charge is 0.144 e. The Kier molecular flexibility index (Phi) is 9.35. The number of rotatable bonds is 7. The Morgan fingerprint density at radius 2 is 1.71 bits per heavy atom. The maximum Gasteiger partial charge on any atom is 0.144 e. The Labute approximate surface area is 181 Å². The van der Waals surface area contributed by atoms with Gasteiger partial charge in [-0.1, -0.05) is 52.6 Å². The van der Waals surface area contributed by atoms with Crippen molar-refractivity contribution in [2.75, 3.05) is 44.2 Å². The molecule has 8 heteroatoms. The number of anilines is 1. The summed E-state index contributed by atoms with van der Waals surface area (Å²) >= 11 is 12.1. The van der Waals surface area contributed by atoms with Gasteiger partial charge in [0, 0.05) is 37.7 Å². The first-order valence-corrected chi connectivity index (χ1v) is 9.68. The second-order valence-electron chi connectivity index (χ2n) is 6.47. The van der Waals surface area contributed by atoms with Crippen LogP contribution in [-0.2, 0) is 4.84 Å². The van der Waals surface area contributed by atoms with Crippen molar-refractivity contribution in [3.63, 3.8) is 0 Å². The van der Waals surface area contributed by atoms with Crippen LogP contribution in [0.15, 0.2) is 53.7 Å². The highest BCUT2D eigenvalue weighted by atomic mass is 35.5. The minimum atomic E-state index is -0.584. The Bertz CT molecular complexity index is 751. The van der Waals surface area contributed by atoms with Gasteiger partial charge in [-0.2, -0.15) is 0 Å². The zero-order valence-corrected chi connectivity index (χ0v) is 17.7. The van der Waals surface area contributed by atoms with E-state index in [-0.39, 0.29) is 19.0 Å². The van der Waals surface area contributed by atoms with E-state index in [1.54, 1.807) is 18.3 Å². The standard InChI is InChI=1S/C20H23Cl2N3O2.ClH/c21-17-7-5-16(6-8-17)13-23-27-15-18(26)14-24-9-11-25(12-10-24)20-4-2-1-3-19(20)22;/h1-8,13,18,26H,9-12,14-15H2;1H/b23-13-;. The highest BCUT2D eigenvalue weighted by Crippen LogP contribution is 2.26. The fraction of sp³-hybridized carbons (Fsp3) is 0.350. The molecule has 1 aliphatic rings. The van der Waals surface area contributed by atoms with E-state index >= 15 is 0 Å². The van der Waals surface area contributed by atoms with Crippen molar-refractivity contribution in [2.45, 2.75) is 6.10 Å². The predicted octanol–water partition coefficient (Wildman–Crippen LogP) is 3.95. The van der Waals surface area contributed by atoms with Crippen molar-refractivity contribution in [1.29, 1.82) is 0 Å². The lowest BCUT2D eigenvalue weighted by molar-refractivity contribution is 0.0187. The molecule has 2 aromatic carbocycles. The summed E-state index contributed by atoms with van der Waals surface area (Å²) in [5.41, 5.74) is 1.96. The van der Waals surface area contributed by atoms with Crippen molar-refractivity contribution < 1.29 is 9.94 Å².